The Morgan fingerprint density at radius 1 is 1.08 bits per heavy atom. The lowest BCUT2D eigenvalue weighted by Gasteiger charge is -2.25. The zero-order valence-electron chi connectivity index (χ0n) is 14.1. The van der Waals surface area contributed by atoms with Gasteiger partial charge in [-0.3, -0.25) is 4.90 Å². The predicted molar refractivity (Wildman–Crippen MR) is 94.7 cm³/mol. The van der Waals surface area contributed by atoms with Crippen LogP contribution >= 0.6 is 0 Å². The Kier molecular flexibility index (Phi) is 4.60. The Bertz CT molecular complexity index is 952. The van der Waals surface area contributed by atoms with Gasteiger partial charge in [0.05, 0.1) is 30.9 Å². The molecule has 4 rings (SSSR count). The number of hydrogen-bond acceptors (Lipinski definition) is 7. The molecule has 0 N–H and O–H groups in total. The summed E-state index contributed by atoms with van der Waals surface area (Å²) in [6, 6.07) is 13.2. The van der Waals surface area contributed by atoms with E-state index in [1.54, 1.807) is 6.26 Å². The zero-order chi connectivity index (χ0) is 18.0. The van der Waals surface area contributed by atoms with E-state index in [1.807, 2.05) is 47.4 Å². The number of sulfone groups is 1. The van der Waals surface area contributed by atoms with Crippen LogP contribution < -0.4 is 0 Å². The highest BCUT2D eigenvalue weighted by atomic mass is 32.2. The van der Waals surface area contributed by atoms with Crippen molar-refractivity contribution in [3.63, 3.8) is 0 Å². The lowest BCUT2D eigenvalue weighted by molar-refractivity contribution is 0.163. The van der Waals surface area contributed by atoms with Gasteiger partial charge in [-0.25, -0.2) is 8.42 Å². The molecule has 0 bridgehead atoms. The number of hydrogen-bond donors (Lipinski definition) is 0. The summed E-state index contributed by atoms with van der Waals surface area (Å²) in [5, 5.41) is 8.24. The maximum absolute atomic E-state index is 11.9. The molecule has 0 aliphatic carbocycles. The molecule has 7 nitrogen and oxygen atoms in total. The third-order valence-electron chi connectivity index (χ3n) is 4.49. The van der Waals surface area contributed by atoms with Gasteiger partial charge in [0.2, 0.25) is 11.8 Å². The highest BCUT2D eigenvalue weighted by molar-refractivity contribution is 7.91. The second kappa shape index (κ2) is 7.05. The first kappa shape index (κ1) is 17.0. The van der Waals surface area contributed by atoms with E-state index >= 15 is 0 Å². The number of benzene rings is 1. The minimum absolute atomic E-state index is 0.0859. The van der Waals surface area contributed by atoms with E-state index in [9.17, 15) is 8.42 Å². The van der Waals surface area contributed by atoms with E-state index in [-0.39, 0.29) is 17.5 Å². The van der Waals surface area contributed by atoms with Crippen molar-refractivity contribution in [1.29, 1.82) is 0 Å². The molecule has 1 aliphatic heterocycles. The van der Waals surface area contributed by atoms with Crippen molar-refractivity contribution >= 4 is 9.84 Å². The van der Waals surface area contributed by atoms with Crippen molar-refractivity contribution in [3.05, 3.63) is 60.4 Å². The lowest BCUT2D eigenvalue weighted by Crippen LogP contribution is -2.35. The van der Waals surface area contributed by atoms with Crippen LogP contribution in [-0.4, -0.2) is 41.1 Å². The molecule has 3 aromatic rings. The smallest absolute Gasteiger partial charge is 0.247 e. The Labute approximate surface area is 151 Å². The standard InChI is InChI=1S/C18H19N3O4S/c22-26(23)10-8-15(13-26)21(11-16-7-4-9-24-16)12-17-19-20-18(25-17)14-5-2-1-3-6-14/h1-7,9,15H,8,10-13H2/t15-/m1/s1. The summed E-state index contributed by atoms with van der Waals surface area (Å²) in [4.78, 5) is 2.03. The second-order valence-electron chi connectivity index (χ2n) is 6.41. The number of aromatic nitrogens is 2. The largest absolute Gasteiger partial charge is 0.468 e. The Morgan fingerprint density at radius 2 is 1.92 bits per heavy atom. The van der Waals surface area contributed by atoms with Crippen LogP contribution in [0, 0.1) is 0 Å². The molecule has 0 radical (unpaired) electrons. The summed E-state index contributed by atoms with van der Waals surface area (Å²) in [5.74, 6) is 2.05. The quantitative estimate of drug-likeness (QED) is 0.656. The molecular weight excluding hydrogens is 354 g/mol. The summed E-state index contributed by atoms with van der Waals surface area (Å²) >= 11 is 0. The SMILES string of the molecule is O=S1(=O)CC[C@@H](N(Cc2ccco2)Cc2nnc(-c3ccccc3)o2)C1. The average molecular weight is 373 g/mol. The van der Waals surface area contributed by atoms with E-state index in [2.05, 4.69) is 10.2 Å². The maximum atomic E-state index is 11.9. The molecule has 0 unspecified atom stereocenters. The number of furan rings is 1. The molecule has 0 amide bonds. The highest BCUT2D eigenvalue weighted by Gasteiger charge is 2.33. The first-order valence-electron chi connectivity index (χ1n) is 8.44. The molecule has 1 aliphatic rings. The molecule has 136 valence electrons. The van der Waals surface area contributed by atoms with Gasteiger partial charge in [-0.05, 0) is 30.7 Å². The third-order valence-corrected chi connectivity index (χ3v) is 6.24. The van der Waals surface area contributed by atoms with Gasteiger partial charge in [0.15, 0.2) is 9.84 Å². The van der Waals surface area contributed by atoms with Crippen molar-refractivity contribution < 1.29 is 17.3 Å². The predicted octanol–water partition coefficient (Wildman–Crippen LogP) is 2.52. The summed E-state index contributed by atoms with van der Waals surface area (Å²) in [6.45, 7) is 0.872. The van der Waals surface area contributed by atoms with Crippen LogP contribution in [0.3, 0.4) is 0 Å². The summed E-state index contributed by atoms with van der Waals surface area (Å²) in [6.07, 6.45) is 2.21. The van der Waals surface area contributed by atoms with E-state index in [4.69, 9.17) is 8.83 Å². The lowest BCUT2D eigenvalue weighted by atomic mass is 10.2. The molecule has 8 heteroatoms. The fourth-order valence-electron chi connectivity index (χ4n) is 3.17. The molecule has 3 heterocycles. The van der Waals surface area contributed by atoms with Crippen LogP contribution in [0.1, 0.15) is 18.1 Å². The van der Waals surface area contributed by atoms with Gasteiger partial charge in [0.25, 0.3) is 0 Å². The average Bonchev–Trinajstić information content (AvgIpc) is 3.36. The normalized spacial score (nSPS) is 19.2. The van der Waals surface area contributed by atoms with E-state index < -0.39 is 9.84 Å². The van der Waals surface area contributed by atoms with Gasteiger partial charge >= 0.3 is 0 Å². The Hall–Kier alpha value is -2.45. The Balaban J connectivity index is 1.54. The molecule has 1 fully saturated rings. The first-order chi connectivity index (χ1) is 12.6. The first-order valence-corrected chi connectivity index (χ1v) is 10.3. The topological polar surface area (TPSA) is 89.4 Å². The van der Waals surface area contributed by atoms with Gasteiger partial charge in [-0.1, -0.05) is 18.2 Å². The van der Waals surface area contributed by atoms with Crippen molar-refractivity contribution in [2.45, 2.75) is 25.6 Å². The maximum Gasteiger partial charge on any atom is 0.247 e. The van der Waals surface area contributed by atoms with Gasteiger partial charge in [0.1, 0.15) is 5.76 Å². The fourth-order valence-corrected chi connectivity index (χ4v) is 4.93. The zero-order valence-corrected chi connectivity index (χ0v) is 14.9. The molecule has 1 atom stereocenters. The minimum Gasteiger partial charge on any atom is -0.468 e. The minimum atomic E-state index is -2.99. The molecule has 1 saturated heterocycles. The monoisotopic (exact) mass is 373 g/mol. The van der Waals surface area contributed by atoms with Crippen LogP contribution in [0.4, 0.5) is 0 Å². The highest BCUT2D eigenvalue weighted by Crippen LogP contribution is 2.23. The van der Waals surface area contributed by atoms with Crippen molar-refractivity contribution in [1.82, 2.24) is 15.1 Å². The fraction of sp³-hybridized carbons (Fsp3) is 0.333. The van der Waals surface area contributed by atoms with Crippen LogP contribution in [0.5, 0.6) is 0 Å². The van der Waals surface area contributed by atoms with E-state index in [0.717, 1.165) is 11.3 Å². The molecule has 2 aromatic heterocycles. The molecule has 0 spiro atoms. The second-order valence-corrected chi connectivity index (χ2v) is 8.64. The van der Waals surface area contributed by atoms with Crippen molar-refractivity contribution in [2.24, 2.45) is 0 Å². The number of nitrogens with zero attached hydrogens (tertiary/aromatic N) is 3. The molecule has 0 saturated carbocycles. The molecule has 26 heavy (non-hydrogen) atoms. The van der Waals surface area contributed by atoms with E-state index in [1.165, 1.54) is 0 Å². The van der Waals surface area contributed by atoms with Crippen molar-refractivity contribution in [3.8, 4) is 11.5 Å². The van der Waals surface area contributed by atoms with Crippen LogP contribution in [0.25, 0.3) is 11.5 Å². The molecular formula is C18H19N3O4S. The van der Waals surface area contributed by atoms with Crippen LogP contribution in [-0.2, 0) is 22.9 Å². The summed E-state index contributed by atoms with van der Waals surface area (Å²) in [5.41, 5.74) is 0.854. The van der Waals surface area contributed by atoms with Crippen LogP contribution in [0.2, 0.25) is 0 Å². The van der Waals surface area contributed by atoms with Gasteiger partial charge in [-0.15, -0.1) is 10.2 Å². The third kappa shape index (κ3) is 3.86. The van der Waals surface area contributed by atoms with Gasteiger partial charge < -0.3 is 8.83 Å². The molecule has 1 aromatic carbocycles. The summed E-state index contributed by atoms with van der Waals surface area (Å²) < 4.78 is 35.0. The van der Waals surface area contributed by atoms with Crippen LogP contribution in [0.15, 0.2) is 57.6 Å². The Morgan fingerprint density at radius 3 is 2.62 bits per heavy atom. The summed E-state index contributed by atoms with van der Waals surface area (Å²) in [7, 11) is -2.99. The van der Waals surface area contributed by atoms with Gasteiger partial charge in [0, 0.05) is 11.6 Å². The number of rotatable bonds is 6. The van der Waals surface area contributed by atoms with Crippen molar-refractivity contribution in [2.75, 3.05) is 11.5 Å². The van der Waals surface area contributed by atoms with E-state index in [0.29, 0.717) is 31.3 Å². The van der Waals surface area contributed by atoms with Gasteiger partial charge in [-0.2, -0.15) is 0 Å².